The van der Waals surface area contributed by atoms with E-state index in [2.05, 4.69) is 20.2 Å². The van der Waals surface area contributed by atoms with Crippen LogP contribution in [0.25, 0.3) is 0 Å². The molecule has 0 saturated carbocycles. The van der Waals surface area contributed by atoms with Crippen molar-refractivity contribution in [2.75, 3.05) is 57.1 Å². The second-order valence-corrected chi connectivity index (χ2v) is 5.68. The third-order valence-electron chi connectivity index (χ3n) is 3.72. The van der Waals surface area contributed by atoms with Crippen molar-refractivity contribution in [3.05, 3.63) is 12.0 Å². The molecule has 0 amide bonds. The number of anilines is 2. The van der Waals surface area contributed by atoms with Crippen molar-refractivity contribution >= 4 is 11.8 Å². The maximum atomic E-state index is 13.5. The number of halogens is 1. The first-order chi connectivity index (χ1) is 10.1. The molecule has 2 N–H and O–H groups in total. The monoisotopic (exact) mass is 297 g/mol. The Morgan fingerprint density at radius 1 is 1.52 bits per heavy atom. The third-order valence-corrected chi connectivity index (χ3v) is 3.72. The maximum Gasteiger partial charge on any atom is 0.224 e. The normalized spacial score (nSPS) is 19.5. The van der Waals surface area contributed by atoms with Crippen LogP contribution in [0.5, 0.6) is 0 Å². The molecule has 0 spiro atoms. The van der Waals surface area contributed by atoms with Gasteiger partial charge in [0.05, 0.1) is 6.20 Å². The van der Waals surface area contributed by atoms with Crippen LogP contribution in [0.15, 0.2) is 6.20 Å². The molecule has 2 rings (SSSR count). The van der Waals surface area contributed by atoms with Crippen LogP contribution in [0.2, 0.25) is 0 Å². The molecule has 7 heteroatoms. The molecular formula is C14H24FN5O. The van der Waals surface area contributed by atoms with Gasteiger partial charge < -0.3 is 20.2 Å². The Kier molecular flexibility index (Phi) is 5.69. The number of nitrogens with one attached hydrogen (secondary N) is 1. The summed E-state index contributed by atoms with van der Waals surface area (Å²) < 4.78 is 13.5. The van der Waals surface area contributed by atoms with Crippen LogP contribution in [-0.4, -0.2) is 66.9 Å². The van der Waals surface area contributed by atoms with E-state index in [0.29, 0.717) is 18.4 Å². The van der Waals surface area contributed by atoms with Crippen molar-refractivity contribution in [2.45, 2.75) is 12.8 Å². The second-order valence-electron chi connectivity index (χ2n) is 5.68. The largest absolute Gasteiger partial charge is 0.396 e. The summed E-state index contributed by atoms with van der Waals surface area (Å²) in [4.78, 5) is 12.1. The Bertz CT molecular complexity index is 457. The zero-order valence-corrected chi connectivity index (χ0v) is 12.7. The number of hydrogen-bond acceptors (Lipinski definition) is 6. The first-order valence-electron chi connectivity index (χ1n) is 7.37. The van der Waals surface area contributed by atoms with Crippen LogP contribution in [0, 0.1) is 11.7 Å². The zero-order chi connectivity index (χ0) is 15.2. The van der Waals surface area contributed by atoms with Gasteiger partial charge in [0, 0.05) is 40.3 Å². The number of nitrogens with zero attached hydrogens (tertiary/aromatic N) is 4. The molecule has 0 bridgehead atoms. The van der Waals surface area contributed by atoms with Crippen LogP contribution >= 0.6 is 0 Å². The van der Waals surface area contributed by atoms with Gasteiger partial charge in [-0.3, -0.25) is 0 Å². The average Bonchev–Trinajstić information content (AvgIpc) is 2.49. The lowest BCUT2D eigenvalue weighted by atomic mass is 9.99. The molecule has 21 heavy (non-hydrogen) atoms. The van der Waals surface area contributed by atoms with Gasteiger partial charge in [-0.25, -0.2) is 9.37 Å². The van der Waals surface area contributed by atoms with E-state index in [9.17, 15) is 9.50 Å². The van der Waals surface area contributed by atoms with Crippen LogP contribution in [0.3, 0.4) is 0 Å². The number of aliphatic hydroxyl groups is 1. The van der Waals surface area contributed by atoms with Gasteiger partial charge in [-0.1, -0.05) is 0 Å². The molecule has 1 aromatic rings. The first-order valence-corrected chi connectivity index (χ1v) is 7.37. The van der Waals surface area contributed by atoms with E-state index in [1.165, 1.54) is 6.20 Å². The van der Waals surface area contributed by atoms with E-state index in [-0.39, 0.29) is 12.4 Å². The lowest BCUT2D eigenvalue weighted by Crippen LogP contribution is -2.39. The molecule has 2 heterocycles. The fraction of sp³-hybridized carbons (Fsp3) is 0.714. The molecule has 6 nitrogen and oxygen atoms in total. The van der Waals surface area contributed by atoms with Crippen molar-refractivity contribution in [1.82, 2.24) is 14.9 Å². The lowest BCUT2D eigenvalue weighted by Gasteiger charge is -2.31. The number of piperidine rings is 1. The highest BCUT2D eigenvalue weighted by Crippen LogP contribution is 2.16. The zero-order valence-electron chi connectivity index (χ0n) is 12.7. The number of aromatic nitrogens is 2. The van der Waals surface area contributed by atoms with Gasteiger partial charge in [0.15, 0.2) is 11.6 Å². The minimum atomic E-state index is -0.424. The summed E-state index contributed by atoms with van der Waals surface area (Å²) in [7, 11) is 3.50. The highest BCUT2D eigenvalue weighted by molar-refractivity contribution is 5.42. The molecule has 118 valence electrons. The standard InChI is InChI=1S/C14H24FN5O/c1-19(2)13-12(15)8-17-14(18-13)16-5-7-20-6-3-4-11(9-20)10-21/h8,11,21H,3-7,9-10H2,1-2H3,(H,16,17,18). The Balaban J connectivity index is 1.82. The quantitative estimate of drug-likeness (QED) is 0.810. The molecule has 1 aromatic heterocycles. The van der Waals surface area contributed by atoms with E-state index >= 15 is 0 Å². The van der Waals surface area contributed by atoms with Gasteiger partial charge in [0.2, 0.25) is 5.95 Å². The van der Waals surface area contributed by atoms with Gasteiger partial charge in [-0.15, -0.1) is 0 Å². The van der Waals surface area contributed by atoms with Crippen LogP contribution in [0.4, 0.5) is 16.2 Å². The Labute approximate surface area is 125 Å². The molecule has 0 radical (unpaired) electrons. The smallest absolute Gasteiger partial charge is 0.224 e. The van der Waals surface area contributed by atoms with Gasteiger partial charge in [-0.2, -0.15) is 4.98 Å². The molecule has 1 aliphatic heterocycles. The van der Waals surface area contributed by atoms with E-state index in [1.807, 2.05) is 0 Å². The minimum absolute atomic E-state index is 0.261. The van der Waals surface area contributed by atoms with Crippen molar-refractivity contribution in [2.24, 2.45) is 5.92 Å². The van der Waals surface area contributed by atoms with Crippen LogP contribution in [0.1, 0.15) is 12.8 Å². The Morgan fingerprint density at radius 3 is 3.05 bits per heavy atom. The van der Waals surface area contributed by atoms with Crippen LogP contribution in [-0.2, 0) is 0 Å². The first kappa shape index (κ1) is 15.9. The summed E-state index contributed by atoms with van der Waals surface area (Å²) >= 11 is 0. The molecule has 0 aromatic carbocycles. The fourth-order valence-electron chi connectivity index (χ4n) is 2.59. The number of hydrogen-bond donors (Lipinski definition) is 2. The highest BCUT2D eigenvalue weighted by atomic mass is 19.1. The SMILES string of the molecule is CN(C)c1nc(NCCN2CCCC(CO)C2)ncc1F. The number of likely N-dealkylation sites (tertiary alicyclic amines) is 1. The number of rotatable bonds is 6. The van der Waals surface area contributed by atoms with Crippen molar-refractivity contribution in [3.63, 3.8) is 0 Å². The molecule has 1 unspecified atom stereocenters. The minimum Gasteiger partial charge on any atom is -0.396 e. The topological polar surface area (TPSA) is 64.5 Å². The molecule has 1 aliphatic rings. The Hall–Kier alpha value is -1.47. The van der Waals surface area contributed by atoms with Crippen molar-refractivity contribution < 1.29 is 9.50 Å². The molecule has 1 atom stereocenters. The molecular weight excluding hydrogens is 273 g/mol. The predicted molar refractivity (Wildman–Crippen MR) is 81.1 cm³/mol. The highest BCUT2D eigenvalue weighted by Gasteiger charge is 2.18. The van der Waals surface area contributed by atoms with Crippen molar-refractivity contribution in [1.29, 1.82) is 0 Å². The summed E-state index contributed by atoms with van der Waals surface area (Å²) in [6.07, 6.45) is 3.42. The molecule has 1 fully saturated rings. The second kappa shape index (κ2) is 7.51. The third kappa shape index (κ3) is 4.50. The Morgan fingerprint density at radius 2 is 2.33 bits per heavy atom. The maximum absolute atomic E-state index is 13.5. The van der Waals surface area contributed by atoms with Gasteiger partial charge in [0.1, 0.15) is 0 Å². The summed E-state index contributed by atoms with van der Waals surface area (Å²) in [5.74, 6) is 0.690. The van der Waals surface area contributed by atoms with E-state index in [1.54, 1.807) is 19.0 Å². The van der Waals surface area contributed by atoms with Gasteiger partial charge in [-0.05, 0) is 25.3 Å². The van der Waals surface area contributed by atoms with Crippen LogP contribution < -0.4 is 10.2 Å². The van der Waals surface area contributed by atoms with Crippen molar-refractivity contribution in [3.8, 4) is 0 Å². The van der Waals surface area contributed by atoms with Gasteiger partial charge >= 0.3 is 0 Å². The molecule has 1 saturated heterocycles. The summed E-state index contributed by atoms with van der Waals surface area (Å²) in [5.41, 5.74) is 0. The van der Waals surface area contributed by atoms with E-state index in [0.717, 1.165) is 32.5 Å². The fourth-order valence-corrected chi connectivity index (χ4v) is 2.59. The molecule has 0 aliphatic carbocycles. The summed E-state index contributed by atoms with van der Waals surface area (Å²) in [6.45, 7) is 3.83. The van der Waals surface area contributed by atoms with E-state index in [4.69, 9.17) is 0 Å². The summed E-state index contributed by atoms with van der Waals surface area (Å²) in [6, 6.07) is 0. The summed E-state index contributed by atoms with van der Waals surface area (Å²) in [5, 5.41) is 12.3. The number of aliphatic hydroxyl groups excluding tert-OH is 1. The van der Waals surface area contributed by atoms with Gasteiger partial charge in [0.25, 0.3) is 0 Å². The van der Waals surface area contributed by atoms with E-state index < -0.39 is 5.82 Å². The average molecular weight is 297 g/mol. The predicted octanol–water partition coefficient (Wildman–Crippen LogP) is 0.798. The lowest BCUT2D eigenvalue weighted by molar-refractivity contribution is 0.123.